The third-order valence-corrected chi connectivity index (χ3v) is 6.72. The lowest BCUT2D eigenvalue weighted by molar-refractivity contribution is -0.384. The van der Waals surface area contributed by atoms with Crippen LogP contribution in [0.2, 0.25) is 0 Å². The van der Waals surface area contributed by atoms with Crippen LogP contribution in [0.3, 0.4) is 0 Å². The van der Waals surface area contributed by atoms with E-state index in [0.29, 0.717) is 17.1 Å². The van der Waals surface area contributed by atoms with Crippen molar-refractivity contribution in [3.8, 4) is 5.69 Å². The summed E-state index contributed by atoms with van der Waals surface area (Å²) in [6.45, 7) is 3.39. The summed E-state index contributed by atoms with van der Waals surface area (Å²) in [5.41, 5.74) is 4.03. The van der Waals surface area contributed by atoms with Crippen LogP contribution in [0.25, 0.3) is 5.69 Å². The molecule has 0 saturated heterocycles. The summed E-state index contributed by atoms with van der Waals surface area (Å²) in [5.74, 6) is -0.384. The minimum absolute atomic E-state index is 0.0577. The number of nitrogens with zero attached hydrogens (tertiary/aromatic N) is 5. The fourth-order valence-corrected chi connectivity index (χ4v) is 4.90. The molecule has 0 fully saturated rings. The number of amides is 1. The SMILES string of the molecule is Cc1c(C(=O)Nc2ccccc2N2CCc3sccc3C2)nnn1-c1cccc([N+](=O)[O-])c1. The van der Waals surface area contributed by atoms with Crippen molar-refractivity contribution in [2.45, 2.75) is 19.9 Å². The van der Waals surface area contributed by atoms with E-state index in [4.69, 9.17) is 0 Å². The fraction of sp³-hybridized carbons (Fsp3) is 0.174. The molecule has 0 saturated carbocycles. The normalized spacial score (nSPS) is 12.9. The number of hydrogen-bond acceptors (Lipinski definition) is 7. The Bertz CT molecular complexity index is 1360. The second kappa shape index (κ2) is 8.47. The van der Waals surface area contributed by atoms with Crippen molar-refractivity contribution < 1.29 is 9.72 Å². The molecule has 5 rings (SSSR count). The van der Waals surface area contributed by atoms with E-state index in [1.807, 2.05) is 24.3 Å². The molecule has 0 radical (unpaired) electrons. The zero-order valence-corrected chi connectivity index (χ0v) is 18.6. The molecule has 0 aliphatic carbocycles. The molecular formula is C23H20N6O3S. The first-order chi connectivity index (χ1) is 16.0. The number of carbonyl (C=O) groups is 1. The molecular weight excluding hydrogens is 440 g/mol. The topological polar surface area (TPSA) is 106 Å². The Kier molecular flexibility index (Phi) is 5.35. The van der Waals surface area contributed by atoms with Gasteiger partial charge >= 0.3 is 0 Å². The average Bonchev–Trinajstić information content (AvgIpc) is 3.45. The number of nitrogens with one attached hydrogen (secondary N) is 1. The van der Waals surface area contributed by atoms with Crippen LogP contribution in [0.4, 0.5) is 17.1 Å². The lowest BCUT2D eigenvalue weighted by Gasteiger charge is -2.30. The Morgan fingerprint density at radius 1 is 1.18 bits per heavy atom. The Labute approximate surface area is 193 Å². The number of nitro groups is 1. The number of rotatable bonds is 5. The van der Waals surface area contributed by atoms with E-state index in [1.165, 1.54) is 27.3 Å². The molecule has 3 heterocycles. The quantitative estimate of drug-likeness (QED) is 0.350. The van der Waals surface area contributed by atoms with Crippen LogP contribution in [0.1, 0.15) is 26.6 Å². The number of nitro benzene ring substituents is 1. The van der Waals surface area contributed by atoms with Crippen LogP contribution in [-0.2, 0) is 13.0 Å². The van der Waals surface area contributed by atoms with Crippen LogP contribution in [0.15, 0.2) is 60.0 Å². The summed E-state index contributed by atoms with van der Waals surface area (Å²) in [7, 11) is 0. The van der Waals surface area contributed by atoms with Gasteiger partial charge in [0.15, 0.2) is 5.69 Å². The van der Waals surface area contributed by atoms with Crippen molar-refractivity contribution >= 4 is 34.3 Å². The van der Waals surface area contributed by atoms with Crippen molar-refractivity contribution in [1.29, 1.82) is 0 Å². The van der Waals surface area contributed by atoms with Gasteiger partial charge < -0.3 is 10.2 Å². The molecule has 9 nitrogen and oxygen atoms in total. The molecule has 33 heavy (non-hydrogen) atoms. The highest BCUT2D eigenvalue weighted by atomic mass is 32.1. The number of para-hydroxylation sites is 2. The van der Waals surface area contributed by atoms with Crippen LogP contribution < -0.4 is 10.2 Å². The maximum Gasteiger partial charge on any atom is 0.278 e. The van der Waals surface area contributed by atoms with Crippen LogP contribution >= 0.6 is 11.3 Å². The largest absolute Gasteiger partial charge is 0.365 e. The maximum atomic E-state index is 13.1. The summed E-state index contributed by atoms with van der Waals surface area (Å²) in [6, 6.07) is 15.9. The maximum absolute atomic E-state index is 13.1. The van der Waals surface area contributed by atoms with Gasteiger partial charge in [-0.1, -0.05) is 23.4 Å². The summed E-state index contributed by atoms with van der Waals surface area (Å²) in [5, 5.41) is 24.3. The number of anilines is 2. The number of non-ortho nitro benzene ring substituents is 1. The van der Waals surface area contributed by atoms with E-state index < -0.39 is 4.92 Å². The van der Waals surface area contributed by atoms with Gasteiger partial charge in [0, 0.05) is 30.1 Å². The van der Waals surface area contributed by atoms with Crippen molar-refractivity contribution in [1.82, 2.24) is 15.0 Å². The Balaban J connectivity index is 1.39. The van der Waals surface area contributed by atoms with E-state index in [-0.39, 0.29) is 17.3 Å². The molecule has 1 amide bonds. The number of thiophene rings is 1. The molecule has 2 aromatic heterocycles. The first-order valence-corrected chi connectivity index (χ1v) is 11.3. The molecule has 4 aromatic rings. The summed E-state index contributed by atoms with van der Waals surface area (Å²) in [6.07, 6.45) is 0.978. The first-order valence-electron chi connectivity index (χ1n) is 10.4. The van der Waals surface area contributed by atoms with E-state index >= 15 is 0 Å². The smallest absolute Gasteiger partial charge is 0.278 e. The molecule has 0 spiro atoms. The number of hydrogen-bond donors (Lipinski definition) is 1. The summed E-state index contributed by atoms with van der Waals surface area (Å²) >= 11 is 1.79. The molecule has 2 aromatic carbocycles. The zero-order chi connectivity index (χ0) is 22.9. The highest BCUT2D eigenvalue weighted by Gasteiger charge is 2.23. The lowest BCUT2D eigenvalue weighted by Crippen LogP contribution is -2.30. The Hall–Kier alpha value is -4.05. The third-order valence-electron chi connectivity index (χ3n) is 5.70. The van der Waals surface area contributed by atoms with Gasteiger partial charge in [-0.15, -0.1) is 16.4 Å². The van der Waals surface area contributed by atoms with Crippen LogP contribution in [0.5, 0.6) is 0 Å². The van der Waals surface area contributed by atoms with Gasteiger partial charge in [0.1, 0.15) is 0 Å². The highest BCUT2D eigenvalue weighted by molar-refractivity contribution is 7.10. The van der Waals surface area contributed by atoms with E-state index in [1.54, 1.807) is 30.4 Å². The molecule has 0 atom stereocenters. The lowest BCUT2D eigenvalue weighted by atomic mass is 10.1. The van der Waals surface area contributed by atoms with Gasteiger partial charge in [-0.3, -0.25) is 14.9 Å². The van der Waals surface area contributed by atoms with Crippen molar-refractivity contribution in [3.05, 3.63) is 91.9 Å². The predicted molar refractivity (Wildman–Crippen MR) is 126 cm³/mol. The Morgan fingerprint density at radius 2 is 2.03 bits per heavy atom. The van der Waals surface area contributed by atoms with Crippen LogP contribution in [-0.4, -0.2) is 32.4 Å². The van der Waals surface area contributed by atoms with Gasteiger partial charge in [0.05, 0.1) is 27.7 Å². The molecule has 0 bridgehead atoms. The second-order valence-corrected chi connectivity index (χ2v) is 8.72. The van der Waals surface area contributed by atoms with Gasteiger partial charge in [0.2, 0.25) is 0 Å². The molecule has 1 N–H and O–H groups in total. The number of fused-ring (bicyclic) bond motifs is 1. The van der Waals surface area contributed by atoms with Crippen molar-refractivity contribution in [2.75, 3.05) is 16.8 Å². The molecule has 166 valence electrons. The van der Waals surface area contributed by atoms with E-state index in [9.17, 15) is 14.9 Å². The Morgan fingerprint density at radius 3 is 2.88 bits per heavy atom. The van der Waals surface area contributed by atoms with Crippen molar-refractivity contribution in [3.63, 3.8) is 0 Å². The number of carbonyl (C=O) groups excluding carboxylic acids is 1. The molecule has 0 unspecified atom stereocenters. The van der Waals surface area contributed by atoms with Crippen molar-refractivity contribution in [2.24, 2.45) is 0 Å². The first kappa shape index (κ1) is 20.8. The van der Waals surface area contributed by atoms with Gasteiger partial charge in [-0.2, -0.15) is 0 Å². The monoisotopic (exact) mass is 460 g/mol. The standard InChI is InChI=1S/C23H20N6O3S/c1-15-22(25-26-28(15)17-5-4-6-18(13-17)29(31)32)23(30)24-19-7-2-3-8-20(19)27-11-9-21-16(14-27)10-12-33-21/h2-8,10,12-13H,9,11,14H2,1H3,(H,24,30). The fourth-order valence-electron chi connectivity index (χ4n) is 4.01. The highest BCUT2D eigenvalue weighted by Crippen LogP contribution is 2.32. The molecule has 10 heteroatoms. The van der Waals surface area contributed by atoms with Crippen LogP contribution in [0, 0.1) is 17.0 Å². The van der Waals surface area contributed by atoms with Gasteiger partial charge in [-0.25, -0.2) is 4.68 Å². The predicted octanol–water partition coefficient (Wildman–Crippen LogP) is 4.36. The van der Waals surface area contributed by atoms with Gasteiger partial charge in [0.25, 0.3) is 11.6 Å². The van der Waals surface area contributed by atoms with Gasteiger partial charge in [-0.05, 0) is 48.6 Å². The molecule has 1 aliphatic heterocycles. The summed E-state index contributed by atoms with van der Waals surface area (Å²) in [4.78, 5) is 27.4. The minimum Gasteiger partial charge on any atom is -0.365 e. The average molecular weight is 461 g/mol. The second-order valence-electron chi connectivity index (χ2n) is 7.72. The van der Waals surface area contributed by atoms with E-state index in [2.05, 4.69) is 32.0 Å². The number of aromatic nitrogens is 3. The number of benzene rings is 2. The summed E-state index contributed by atoms with van der Waals surface area (Å²) < 4.78 is 1.43. The third kappa shape index (κ3) is 3.96. The molecule has 1 aliphatic rings. The van der Waals surface area contributed by atoms with E-state index in [0.717, 1.165) is 25.2 Å². The zero-order valence-electron chi connectivity index (χ0n) is 17.8. The minimum atomic E-state index is -0.472.